The first-order valence-electron chi connectivity index (χ1n) is 5.11. The fraction of sp³-hybridized carbons (Fsp3) is 0.273. The molecule has 6 heteroatoms. The summed E-state index contributed by atoms with van der Waals surface area (Å²) in [5.74, 6) is 1.20. The highest BCUT2D eigenvalue weighted by atomic mass is 16.5. The molecule has 1 heterocycles. The molecule has 17 heavy (non-hydrogen) atoms. The fourth-order valence-corrected chi connectivity index (χ4v) is 1.43. The minimum atomic E-state index is 0.131. The summed E-state index contributed by atoms with van der Waals surface area (Å²) in [6.07, 6.45) is 1.29. The third kappa shape index (κ3) is 2.94. The summed E-state index contributed by atoms with van der Waals surface area (Å²) in [6.45, 7) is 1.12. The topological polar surface area (TPSA) is 80.4 Å². The molecule has 0 spiro atoms. The van der Waals surface area contributed by atoms with Gasteiger partial charge in [-0.05, 0) is 17.7 Å². The van der Waals surface area contributed by atoms with Crippen LogP contribution in [0.4, 0.5) is 0 Å². The average Bonchev–Trinajstić information content (AvgIpc) is 2.82. The van der Waals surface area contributed by atoms with Crippen LogP contribution in [0.25, 0.3) is 0 Å². The van der Waals surface area contributed by atoms with Crippen molar-refractivity contribution in [1.29, 1.82) is 0 Å². The predicted octanol–water partition coefficient (Wildman–Crippen LogP) is 1.07. The van der Waals surface area contributed by atoms with Crippen molar-refractivity contribution in [1.82, 2.24) is 15.5 Å². The molecule has 0 fully saturated rings. The Morgan fingerprint density at radius 3 is 2.94 bits per heavy atom. The van der Waals surface area contributed by atoms with Crippen molar-refractivity contribution in [2.45, 2.75) is 13.1 Å². The molecule has 0 bridgehead atoms. The van der Waals surface area contributed by atoms with Crippen LogP contribution in [0.3, 0.4) is 0 Å². The fourth-order valence-electron chi connectivity index (χ4n) is 1.43. The second-order valence-corrected chi connectivity index (χ2v) is 3.46. The minimum absolute atomic E-state index is 0.131. The van der Waals surface area contributed by atoms with Crippen LogP contribution in [-0.2, 0) is 13.1 Å². The first-order chi connectivity index (χ1) is 8.29. The zero-order valence-corrected chi connectivity index (χ0v) is 9.38. The molecule has 2 aromatic rings. The van der Waals surface area contributed by atoms with E-state index in [0.717, 1.165) is 5.56 Å². The molecule has 0 aliphatic heterocycles. The van der Waals surface area contributed by atoms with Gasteiger partial charge in [0.2, 0.25) is 6.39 Å². The van der Waals surface area contributed by atoms with Crippen molar-refractivity contribution in [3.05, 3.63) is 36.0 Å². The standard InChI is InChI=1S/C11H13N3O3/c1-16-10-3-2-8(4-9(10)15)5-12-6-11-13-7-17-14-11/h2-4,7,12,15H,5-6H2,1H3. The van der Waals surface area contributed by atoms with E-state index in [2.05, 4.69) is 20.0 Å². The lowest BCUT2D eigenvalue weighted by Crippen LogP contribution is -2.13. The molecular formula is C11H13N3O3. The van der Waals surface area contributed by atoms with Gasteiger partial charge < -0.3 is 19.7 Å². The number of phenols is 1. The second kappa shape index (κ2) is 5.31. The first-order valence-corrected chi connectivity index (χ1v) is 5.11. The highest BCUT2D eigenvalue weighted by Gasteiger charge is 2.03. The van der Waals surface area contributed by atoms with Gasteiger partial charge in [0.15, 0.2) is 17.3 Å². The Labute approximate surface area is 98.2 Å². The van der Waals surface area contributed by atoms with Crippen LogP contribution in [0.1, 0.15) is 11.4 Å². The van der Waals surface area contributed by atoms with Crippen LogP contribution in [-0.4, -0.2) is 22.4 Å². The largest absolute Gasteiger partial charge is 0.504 e. The van der Waals surface area contributed by atoms with Crippen LogP contribution < -0.4 is 10.1 Å². The van der Waals surface area contributed by atoms with Gasteiger partial charge in [-0.2, -0.15) is 4.98 Å². The smallest absolute Gasteiger partial charge is 0.213 e. The molecule has 6 nitrogen and oxygen atoms in total. The van der Waals surface area contributed by atoms with E-state index >= 15 is 0 Å². The third-order valence-corrected chi connectivity index (χ3v) is 2.26. The van der Waals surface area contributed by atoms with Gasteiger partial charge in [0.1, 0.15) is 0 Å². The third-order valence-electron chi connectivity index (χ3n) is 2.26. The Morgan fingerprint density at radius 2 is 2.29 bits per heavy atom. The van der Waals surface area contributed by atoms with Crippen LogP contribution in [0.15, 0.2) is 29.1 Å². The molecule has 0 aliphatic carbocycles. The monoisotopic (exact) mass is 235 g/mol. The zero-order valence-electron chi connectivity index (χ0n) is 9.38. The molecule has 2 rings (SSSR count). The number of aromatic hydroxyl groups is 1. The Bertz CT molecular complexity index is 471. The van der Waals surface area contributed by atoms with Crippen LogP contribution >= 0.6 is 0 Å². The van der Waals surface area contributed by atoms with Gasteiger partial charge in [0.05, 0.1) is 13.7 Å². The maximum Gasteiger partial charge on any atom is 0.213 e. The van der Waals surface area contributed by atoms with Crippen molar-refractivity contribution in [3.63, 3.8) is 0 Å². The molecular weight excluding hydrogens is 222 g/mol. The van der Waals surface area contributed by atoms with Crippen LogP contribution in [0, 0.1) is 0 Å². The summed E-state index contributed by atoms with van der Waals surface area (Å²) < 4.78 is 9.57. The van der Waals surface area contributed by atoms with Gasteiger partial charge >= 0.3 is 0 Å². The van der Waals surface area contributed by atoms with E-state index in [9.17, 15) is 5.11 Å². The van der Waals surface area contributed by atoms with Gasteiger partial charge in [-0.1, -0.05) is 11.2 Å². The number of phenolic OH excluding ortho intramolecular Hbond substituents is 1. The molecule has 2 N–H and O–H groups in total. The summed E-state index contributed by atoms with van der Waals surface area (Å²) in [6, 6.07) is 5.25. The van der Waals surface area contributed by atoms with E-state index in [-0.39, 0.29) is 5.75 Å². The molecule has 0 unspecified atom stereocenters. The number of nitrogens with one attached hydrogen (secondary N) is 1. The number of aromatic nitrogens is 2. The highest BCUT2D eigenvalue weighted by Crippen LogP contribution is 2.25. The quantitative estimate of drug-likeness (QED) is 0.807. The molecule has 0 aliphatic rings. The zero-order chi connectivity index (χ0) is 12.1. The molecule has 0 saturated carbocycles. The van der Waals surface area contributed by atoms with Crippen molar-refractivity contribution < 1.29 is 14.4 Å². The van der Waals surface area contributed by atoms with Crippen LogP contribution in [0.2, 0.25) is 0 Å². The normalized spacial score (nSPS) is 10.4. The summed E-state index contributed by atoms with van der Waals surface area (Å²) in [7, 11) is 1.52. The Morgan fingerprint density at radius 1 is 1.41 bits per heavy atom. The minimum Gasteiger partial charge on any atom is -0.504 e. The SMILES string of the molecule is COc1ccc(CNCc2ncon2)cc1O. The Kier molecular flexibility index (Phi) is 3.56. The number of hydrogen-bond donors (Lipinski definition) is 2. The highest BCUT2D eigenvalue weighted by molar-refractivity contribution is 5.41. The van der Waals surface area contributed by atoms with Gasteiger partial charge in [0, 0.05) is 6.54 Å². The maximum atomic E-state index is 9.58. The number of rotatable bonds is 5. The molecule has 1 aromatic carbocycles. The Balaban J connectivity index is 1.89. The van der Waals surface area contributed by atoms with E-state index < -0.39 is 0 Å². The molecule has 0 atom stereocenters. The lowest BCUT2D eigenvalue weighted by atomic mass is 10.2. The summed E-state index contributed by atoms with van der Waals surface area (Å²) in [4.78, 5) is 3.88. The average molecular weight is 235 g/mol. The summed E-state index contributed by atoms with van der Waals surface area (Å²) >= 11 is 0. The second-order valence-electron chi connectivity index (χ2n) is 3.46. The van der Waals surface area contributed by atoms with Gasteiger partial charge in [-0.25, -0.2) is 0 Å². The van der Waals surface area contributed by atoms with Crippen molar-refractivity contribution in [3.8, 4) is 11.5 Å². The van der Waals surface area contributed by atoms with Gasteiger partial charge in [-0.3, -0.25) is 0 Å². The lowest BCUT2D eigenvalue weighted by molar-refractivity contribution is 0.373. The summed E-state index contributed by atoms with van der Waals surface area (Å²) in [5.41, 5.74) is 0.951. The van der Waals surface area contributed by atoms with E-state index in [1.807, 2.05) is 6.07 Å². The molecule has 0 saturated heterocycles. The number of hydrogen-bond acceptors (Lipinski definition) is 6. The lowest BCUT2D eigenvalue weighted by Gasteiger charge is -2.06. The first kappa shape index (κ1) is 11.4. The van der Waals surface area contributed by atoms with E-state index in [0.29, 0.717) is 24.7 Å². The van der Waals surface area contributed by atoms with Crippen molar-refractivity contribution >= 4 is 0 Å². The van der Waals surface area contributed by atoms with Gasteiger partial charge in [-0.15, -0.1) is 0 Å². The Hall–Kier alpha value is -2.08. The number of methoxy groups -OCH3 is 1. The van der Waals surface area contributed by atoms with Crippen molar-refractivity contribution in [2.75, 3.05) is 7.11 Å². The number of ether oxygens (including phenoxy) is 1. The van der Waals surface area contributed by atoms with E-state index in [4.69, 9.17) is 4.74 Å². The summed E-state index contributed by atoms with van der Waals surface area (Å²) in [5, 5.41) is 16.4. The predicted molar refractivity (Wildman–Crippen MR) is 59.5 cm³/mol. The molecule has 1 aromatic heterocycles. The van der Waals surface area contributed by atoms with Gasteiger partial charge in [0.25, 0.3) is 0 Å². The molecule has 0 amide bonds. The maximum absolute atomic E-state index is 9.58. The van der Waals surface area contributed by atoms with E-state index in [1.54, 1.807) is 12.1 Å². The number of nitrogens with zero attached hydrogens (tertiary/aromatic N) is 2. The van der Waals surface area contributed by atoms with E-state index in [1.165, 1.54) is 13.5 Å². The number of benzene rings is 1. The molecule has 90 valence electrons. The van der Waals surface area contributed by atoms with Crippen molar-refractivity contribution in [2.24, 2.45) is 0 Å². The van der Waals surface area contributed by atoms with Crippen LogP contribution in [0.5, 0.6) is 11.5 Å². The molecule has 0 radical (unpaired) electrons.